The number of aromatic nitrogens is 1. The molecule has 2 heterocycles. The van der Waals surface area contributed by atoms with Crippen LogP contribution in [0.25, 0.3) is 0 Å². The van der Waals surface area contributed by atoms with E-state index in [4.69, 9.17) is 0 Å². The fourth-order valence-electron chi connectivity index (χ4n) is 5.89. The Morgan fingerprint density at radius 1 is 1.03 bits per heavy atom. The maximum Gasteiger partial charge on any atom is 0.255 e. The molecule has 1 aromatic heterocycles. The molecule has 1 fully saturated rings. The van der Waals surface area contributed by atoms with E-state index in [1.54, 1.807) is 17.0 Å². The maximum absolute atomic E-state index is 13.5. The number of fused-ring (bicyclic) bond motifs is 1. The van der Waals surface area contributed by atoms with Gasteiger partial charge in [-0.3, -0.25) is 9.59 Å². The van der Waals surface area contributed by atoms with Gasteiger partial charge in [-0.25, -0.2) is 4.98 Å². The Balaban J connectivity index is 1.21. The van der Waals surface area contributed by atoms with Gasteiger partial charge in [-0.2, -0.15) is 0 Å². The highest BCUT2D eigenvalue weighted by Gasteiger charge is 2.41. The molecule has 0 radical (unpaired) electrons. The van der Waals surface area contributed by atoms with Gasteiger partial charge in [0, 0.05) is 18.3 Å². The Hall–Kier alpha value is -3.27. The lowest BCUT2D eigenvalue weighted by Gasteiger charge is -2.44. The fourth-order valence-corrected chi connectivity index (χ4v) is 6.62. The number of carbonyl (C=O) groups is 2. The molecule has 2 aromatic carbocycles. The molecule has 3 aromatic rings. The van der Waals surface area contributed by atoms with Gasteiger partial charge in [0.2, 0.25) is 0 Å². The lowest BCUT2D eigenvalue weighted by Crippen LogP contribution is -2.53. The number of aliphatic hydroxyl groups excluding tert-OH is 2. The van der Waals surface area contributed by atoms with Gasteiger partial charge in [-0.05, 0) is 47.9 Å². The molecule has 3 atom stereocenters. The van der Waals surface area contributed by atoms with E-state index in [0.717, 1.165) is 42.5 Å². The number of benzene rings is 2. The molecule has 9 heteroatoms. The van der Waals surface area contributed by atoms with Crippen molar-refractivity contribution in [3.8, 4) is 5.75 Å². The second-order valence-corrected chi connectivity index (χ2v) is 11.4. The van der Waals surface area contributed by atoms with Crippen molar-refractivity contribution in [2.24, 2.45) is 5.92 Å². The summed E-state index contributed by atoms with van der Waals surface area (Å²) >= 11 is 1.35. The van der Waals surface area contributed by atoms with E-state index in [-0.39, 0.29) is 18.3 Å². The number of nitrogens with one attached hydrogen (secondary N) is 1. The molecule has 1 aliphatic carbocycles. The van der Waals surface area contributed by atoms with E-state index in [1.165, 1.54) is 23.3 Å². The Bertz CT molecular complexity index is 1310. The molecule has 0 bridgehead atoms. The second kappa shape index (κ2) is 12.3. The zero-order valence-electron chi connectivity index (χ0n) is 21.8. The van der Waals surface area contributed by atoms with Crippen molar-refractivity contribution in [2.75, 3.05) is 6.54 Å². The summed E-state index contributed by atoms with van der Waals surface area (Å²) in [5.74, 6) is -0.939. The van der Waals surface area contributed by atoms with Crippen molar-refractivity contribution in [1.29, 1.82) is 0 Å². The second-order valence-electron chi connectivity index (χ2n) is 10.5. The number of carbonyl (C=O) groups excluding carboxylic acids is 2. The molecule has 1 unspecified atom stereocenters. The van der Waals surface area contributed by atoms with Crippen molar-refractivity contribution in [1.82, 2.24) is 15.2 Å². The smallest absolute Gasteiger partial charge is 0.255 e. The number of aromatic hydroxyl groups is 1. The summed E-state index contributed by atoms with van der Waals surface area (Å²) in [6, 6.07) is 15.0. The molecule has 5 rings (SSSR count). The average molecular weight is 550 g/mol. The third-order valence-corrected chi connectivity index (χ3v) is 8.81. The molecule has 8 nitrogen and oxygen atoms in total. The normalized spacial score (nSPS) is 19.2. The number of thiazole rings is 1. The molecule has 39 heavy (non-hydrogen) atoms. The topological polar surface area (TPSA) is 123 Å². The molecule has 1 aliphatic heterocycles. The van der Waals surface area contributed by atoms with Crippen LogP contribution in [-0.2, 0) is 29.0 Å². The molecule has 2 amide bonds. The zero-order valence-corrected chi connectivity index (χ0v) is 22.6. The van der Waals surface area contributed by atoms with Crippen molar-refractivity contribution < 1.29 is 24.9 Å². The van der Waals surface area contributed by atoms with Gasteiger partial charge in [0.05, 0.1) is 18.3 Å². The SMILES string of the molecule is O=C(NCc1nc(Cc2ccccc2O)cs1)[C@H](O)[C@@H](O)C(=O)N1CCc2ccccc2C1C1CCCCC1. The van der Waals surface area contributed by atoms with Gasteiger partial charge in [-0.15, -0.1) is 11.3 Å². The number of phenolic OH excluding ortho intramolecular Hbond substituents is 1. The van der Waals surface area contributed by atoms with E-state index in [0.29, 0.717) is 30.3 Å². The van der Waals surface area contributed by atoms with Crippen LogP contribution in [0.5, 0.6) is 5.75 Å². The molecular weight excluding hydrogens is 514 g/mol. The van der Waals surface area contributed by atoms with Crippen molar-refractivity contribution in [3.05, 3.63) is 81.3 Å². The Morgan fingerprint density at radius 2 is 1.77 bits per heavy atom. The highest BCUT2D eigenvalue weighted by Crippen LogP contribution is 2.42. The first-order valence-corrected chi connectivity index (χ1v) is 14.5. The molecule has 0 saturated heterocycles. The summed E-state index contributed by atoms with van der Waals surface area (Å²) in [6.07, 6.45) is 2.84. The zero-order chi connectivity index (χ0) is 27.4. The predicted molar refractivity (Wildman–Crippen MR) is 148 cm³/mol. The first-order chi connectivity index (χ1) is 18.9. The Labute approximate surface area is 232 Å². The van der Waals surface area contributed by atoms with Gasteiger partial charge in [0.15, 0.2) is 12.2 Å². The van der Waals surface area contributed by atoms with Crippen LogP contribution in [0, 0.1) is 5.92 Å². The number of hydrogen-bond donors (Lipinski definition) is 4. The van der Waals surface area contributed by atoms with E-state index in [2.05, 4.69) is 22.4 Å². The number of para-hydroxylation sites is 1. The minimum atomic E-state index is -1.89. The number of nitrogens with zero attached hydrogens (tertiary/aromatic N) is 2. The summed E-state index contributed by atoms with van der Waals surface area (Å²) in [4.78, 5) is 32.4. The van der Waals surface area contributed by atoms with Crippen molar-refractivity contribution in [2.45, 2.75) is 69.7 Å². The first-order valence-electron chi connectivity index (χ1n) is 13.6. The average Bonchev–Trinajstić information content (AvgIpc) is 3.43. The molecule has 2 aliphatic rings. The monoisotopic (exact) mass is 549 g/mol. The Morgan fingerprint density at radius 3 is 2.56 bits per heavy atom. The van der Waals surface area contributed by atoms with Crippen LogP contribution in [0.3, 0.4) is 0 Å². The standard InChI is InChI=1S/C30H35N3O5S/c34-24-13-7-5-11-21(24)16-22-18-39-25(32-22)17-31-29(37)27(35)28(36)30(38)33-15-14-19-8-4-6-12-23(19)26(33)20-9-2-1-3-10-20/h4-8,11-13,18,20,26-28,34-36H,1-3,9-10,14-17H2,(H,31,37)/t26?,27-,28-/m1/s1. The lowest BCUT2D eigenvalue weighted by atomic mass is 9.77. The maximum atomic E-state index is 13.5. The molecule has 1 saturated carbocycles. The van der Waals surface area contributed by atoms with E-state index in [9.17, 15) is 24.9 Å². The summed E-state index contributed by atoms with van der Waals surface area (Å²) in [7, 11) is 0. The highest BCUT2D eigenvalue weighted by molar-refractivity contribution is 7.09. The number of phenols is 1. The minimum absolute atomic E-state index is 0.0596. The van der Waals surface area contributed by atoms with Gasteiger partial charge in [-0.1, -0.05) is 61.7 Å². The third kappa shape index (κ3) is 6.16. The summed E-state index contributed by atoms with van der Waals surface area (Å²) in [5, 5.41) is 36.5. The van der Waals surface area contributed by atoms with Crippen LogP contribution in [0.15, 0.2) is 53.9 Å². The first kappa shape index (κ1) is 27.3. The van der Waals surface area contributed by atoms with Crippen molar-refractivity contribution >= 4 is 23.2 Å². The van der Waals surface area contributed by atoms with Gasteiger partial charge >= 0.3 is 0 Å². The van der Waals surface area contributed by atoms with Gasteiger partial charge in [0.25, 0.3) is 11.8 Å². The van der Waals surface area contributed by atoms with Gasteiger partial charge in [0.1, 0.15) is 10.8 Å². The fraction of sp³-hybridized carbons (Fsp3) is 0.433. The largest absolute Gasteiger partial charge is 0.508 e. The van der Waals surface area contributed by atoms with E-state index in [1.807, 2.05) is 29.6 Å². The molecular formula is C30H35N3O5S. The predicted octanol–water partition coefficient (Wildman–Crippen LogP) is 3.48. The van der Waals surface area contributed by atoms with Crippen LogP contribution in [0.2, 0.25) is 0 Å². The third-order valence-electron chi connectivity index (χ3n) is 7.91. The number of rotatable bonds is 8. The van der Waals surface area contributed by atoms with E-state index < -0.39 is 24.0 Å². The van der Waals surface area contributed by atoms with Gasteiger partial charge < -0.3 is 25.5 Å². The van der Waals surface area contributed by atoms with Crippen LogP contribution >= 0.6 is 11.3 Å². The van der Waals surface area contributed by atoms with Crippen LogP contribution in [0.1, 0.15) is 65.5 Å². The van der Waals surface area contributed by atoms with E-state index >= 15 is 0 Å². The summed E-state index contributed by atoms with van der Waals surface area (Å²) in [5.41, 5.74) is 3.83. The Kier molecular flexibility index (Phi) is 8.60. The minimum Gasteiger partial charge on any atom is -0.508 e. The number of aliphatic hydroxyl groups is 2. The molecule has 4 N–H and O–H groups in total. The number of hydrogen-bond acceptors (Lipinski definition) is 7. The molecule has 206 valence electrons. The quantitative estimate of drug-likeness (QED) is 0.341. The van der Waals surface area contributed by atoms with Crippen molar-refractivity contribution in [3.63, 3.8) is 0 Å². The lowest BCUT2D eigenvalue weighted by molar-refractivity contribution is -0.156. The molecule has 0 spiro atoms. The highest BCUT2D eigenvalue weighted by atomic mass is 32.1. The van der Waals surface area contributed by atoms with Crippen LogP contribution in [0.4, 0.5) is 0 Å². The summed E-state index contributed by atoms with van der Waals surface area (Å²) < 4.78 is 0. The van der Waals surface area contributed by atoms with Crippen LogP contribution in [-0.4, -0.2) is 55.8 Å². The van der Waals surface area contributed by atoms with Crippen LogP contribution < -0.4 is 5.32 Å². The number of amides is 2. The summed E-state index contributed by atoms with van der Waals surface area (Å²) in [6.45, 7) is 0.505.